The molecule has 0 aliphatic rings. The first-order valence-corrected chi connectivity index (χ1v) is 8.73. The number of carboxylic acids is 1. The molecule has 1 heterocycles. The molecule has 0 aliphatic heterocycles. The molecule has 2 aromatic rings. The van der Waals surface area contributed by atoms with Gasteiger partial charge in [-0.05, 0) is 26.8 Å². The molecule has 7 heteroatoms. The SMILES string of the molecule is CC(CN(C)C(=O)c1cn(C(C)(C)C)nc1-c1ccccc1Cl)C(=O)O. The van der Waals surface area contributed by atoms with E-state index >= 15 is 0 Å². The molecule has 2 rings (SSSR count). The summed E-state index contributed by atoms with van der Waals surface area (Å²) in [6, 6.07) is 7.21. The van der Waals surface area contributed by atoms with Crippen molar-refractivity contribution in [1.82, 2.24) is 14.7 Å². The van der Waals surface area contributed by atoms with Crippen LogP contribution in [0.25, 0.3) is 11.3 Å². The standard InChI is InChI=1S/C19H24ClN3O3/c1-12(18(25)26)10-22(5)17(24)14-11-23(19(2,3)4)21-16(14)13-8-6-7-9-15(13)20/h6-9,11-12H,10H2,1-5H3,(H,25,26). The van der Waals surface area contributed by atoms with E-state index in [0.717, 1.165) is 0 Å². The van der Waals surface area contributed by atoms with Crippen LogP contribution in [0, 0.1) is 5.92 Å². The fraction of sp³-hybridized carbons (Fsp3) is 0.421. The second-order valence-corrected chi connectivity index (χ2v) is 7.82. The summed E-state index contributed by atoms with van der Waals surface area (Å²) in [7, 11) is 1.59. The summed E-state index contributed by atoms with van der Waals surface area (Å²) in [4.78, 5) is 25.5. The molecule has 0 spiro atoms. The molecule has 0 fully saturated rings. The van der Waals surface area contributed by atoms with Gasteiger partial charge in [0.25, 0.3) is 5.91 Å². The first kappa shape index (κ1) is 20.0. The fourth-order valence-corrected chi connectivity index (χ4v) is 2.73. The predicted molar refractivity (Wildman–Crippen MR) is 101 cm³/mol. The second-order valence-electron chi connectivity index (χ2n) is 7.41. The van der Waals surface area contributed by atoms with E-state index in [0.29, 0.717) is 21.8 Å². The number of amides is 1. The predicted octanol–water partition coefficient (Wildman–Crippen LogP) is 3.75. The van der Waals surface area contributed by atoms with Gasteiger partial charge in [-0.25, -0.2) is 0 Å². The Morgan fingerprint density at radius 2 is 1.92 bits per heavy atom. The van der Waals surface area contributed by atoms with Gasteiger partial charge in [0, 0.05) is 25.4 Å². The molecule has 1 N–H and O–H groups in total. The number of hydrogen-bond donors (Lipinski definition) is 1. The Morgan fingerprint density at radius 3 is 2.46 bits per heavy atom. The van der Waals surface area contributed by atoms with E-state index in [9.17, 15) is 9.59 Å². The van der Waals surface area contributed by atoms with Crippen molar-refractivity contribution >= 4 is 23.5 Å². The molecule has 1 amide bonds. The molecular formula is C19H24ClN3O3. The Bertz CT molecular complexity index is 824. The quantitative estimate of drug-likeness (QED) is 0.860. The van der Waals surface area contributed by atoms with Crippen molar-refractivity contribution in [2.75, 3.05) is 13.6 Å². The second kappa shape index (κ2) is 7.50. The summed E-state index contributed by atoms with van der Waals surface area (Å²) in [6.45, 7) is 7.64. The number of nitrogens with zero attached hydrogens (tertiary/aromatic N) is 3. The Labute approximate surface area is 158 Å². The van der Waals surface area contributed by atoms with E-state index in [1.54, 1.807) is 30.9 Å². The van der Waals surface area contributed by atoms with Gasteiger partial charge in [0.15, 0.2) is 0 Å². The summed E-state index contributed by atoms with van der Waals surface area (Å²) in [6.07, 6.45) is 1.70. The minimum Gasteiger partial charge on any atom is -0.481 e. The van der Waals surface area contributed by atoms with Crippen LogP contribution in [0.15, 0.2) is 30.5 Å². The van der Waals surface area contributed by atoms with Crippen molar-refractivity contribution in [2.24, 2.45) is 5.92 Å². The van der Waals surface area contributed by atoms with Crippen LogP contribution in [0.3, 0.4) is 0 Å². The molecular weight excluding hydrogens is 354 g/mol. The molecule has 1 aromatic heterocycles. The highest BCUT2D eigenvalue weighted by atomic mass is 35.5. The number of carboxylic acid groups (broad SMARTS) is 1. The minimum absolute atomic E-state index is 0.108. The third-order valence-electron chi connectivity index (χ3n) is 4.08. The lowest BCUT2D eigenvalue weighted by Crippen LogP contribution is -2.33. The molecule has 1 aromatic carbocycles. The Kier molecular flexibility index (Phi) is 5.76. The Hall–Kier alpha value is -2.34. The van der Waals surface area contributed by atoms with Gasteiger partial charge in [0.1, 0.15) is 5.69 Å². The largest absolute Gasteiger partial charge is 0.481 e. The van der Waals surface area contributed by atoms with E-state index in [1.165, 1.54) is 4.90 Å². The van der Waals surface area contributed by atoms with Gasteiger partial charge in [-0.2, -0.15) is 5.10 Å². The van der Waals surface area contributed by atoms with E-state index in [1.807, 2.05) is 39.0 Å². The van der Waals surface area contributed by atoms with Gasteiger partial charge < -0.3 is 10.0 Å². The summed E-state index contributed by atoms with van der Waals surface area (Å²) >= 11 is 6.31. The number of hydrogen-bond acceptors (Lipinski definition) is 3. The van der Waals surface area contributed by atoms with Crippen molar-refractivity contribution in [3.8, 4) is 11.3 Å². The number of carbonyl (C=O) groups is 2. The Balaban J connectivity index is 2.50. The zero-order valence-electron chi connectivity index (χ0n) is 15.7. The lowest BCUT2D eigenvalue weighted by Gasteiger charge is -2.20. The zero-order chi connectivity index (χ0) is 19.6. The first-order valence-electron chi connectivity index (χ1n) is 8.35. The molecule has 1 atom stereocenters. The van der Waals surface area contributed by atoms with Crippen molar-refractivity contribution in [3.63, 3.8) is 0 Å². The van der Waals surface area contributed by atoms with Gasteiger partial charge in [0.05, 0.1) is 22.0 Å². The lowest BCUT2D eigenvalue weighted by molar-refractivity contribution is -0.141. The molecule has 0 saturated heterocycles. The average molecular weight is 378 g/mol. The minimum atomic E-state index is -0.943. The highest BCUT2D eigenvalue weighted by Crippen LogP contribution is 2.31. The number of halogens is 1. The zero-order valence-corrected chi connectivity index (χ0v) is 16.4. The maximum Gasteiger partial charge on any atom is 0.308 e. The van der Waals surface area contributed by atoms with Crippen LogP contribution >= 0.6 is 11.6 Å². The van der Waals surface area contributed by atoms with Crippen LogP contribution in [0.5, 0.6) is 0 Å². The van der Waals surface area contributed by atoms with Crippen molar-refractivity contribution in [3.05, 3.63) is 41.0 Å². The summed E-state index contributed by atoms with van der Waals surface area (Å²) < 4.78 is 1.73. The molecule has 140 valence electrons. The highest BCUT2D eigenvalue weighted by molar-refractivity contribution is 6.33. The average Bonchev–Trinajstić information content (AvgIpc) is 2.99. The summed E-state index contributed by atoms with van der Waals surface area (Å²) in [5.41, 5.74) is 1.24. The molecule has 26 heavy (non-hydrogen) atoms. The van der Waals surface area contributed by atoms with E-state index in [2.05, 4.69) is 5.10 Å². The first-order chi connectivity index (χ1) is 12.0. The van der Waals surface area contributed by atoms with Gasteiger partial charge >= 0.3 is 5.97 Å². The molecule has 6 nitrogen and oxygen atoms in total. The van der Waals surface area contributed by atoms with Gasteiger partial charge in [-0.15, -0.1) is 0 Å². The van der Waals surface area contributed by atoms with Crippen LogP contribution in [-0.4, -0.2) is 45.3 Å². The van der Waals surface area contributed by atoms with E-state index in [4.69, 9.17) is 16.7 Å². The number of benzene rings is 1. The van der Waals surface area contributed by atoms with Gasteiger partial charge in [-0.1, -0.05) is 36.7 Å². The van der Waals surface area contributed by atoms with Crippen molar-refractivity contribution < 1.29 is 14.7 Å². The molecule has 0 saturated carbocycles. The van der Waals surface area contributed by atoms with Crippen LogP contribution in [0.1, 0.15) is 38.1 Å². The van der Waals surface area contributed by atoms with Crippen LogP contribution in [0.2, 0.25) is 5.02 Å². The fourth-order valence-electron chi connectivity index (χ4n) is 2.50. The van der Waals surface area contributed by atoms with Crippen molar-refractivity contribution in [2.45, 2.75) is 33.2 Å². The monoisotopic (exact) mass is 377 g/mol. The van der Waals surface area contributed by atoms with Gasteiger partial charge in [0.2, 0.25) is 0 Å². The number of rotatable bonds is 5. The maximum atomic E-state index is 13.0. The number of carbonyl (C=O) groups excluding carboxylic acids is 1. The van der Waals surface area contributed by atoms with Crippen molar-refractivity contribution in [1.29, 1.82) is 0 Å². The molecule has 0 radical (unpaired) electrons. The molecule has 1 unspecified atom stereocenters. The third-order valence-corrected chi connectivity index (χ3v) is 4.41. The Morgan fingerprint density at radius 1 is 1.31 bits per heavy atom. The van der Waals surface area contributed by atoms with Gasteiger partial charge in [-0.3, -0.25) is 14.3 Å². The number of aromatic nitrogens is 2. The highest BCUT2D eigenvalue weighted by Gasteiger charge is 2.27. The van der Waals surface area contributed by atoms with E-state index in [-0.39, 0.29) is 18.0 Å². The van der Waals surface area contributed by atoms with Crippen LogP contribution in [-0.2, 0) is 10.3 Å². The van der Waals surface area contributed by atoms with Crippen LogP contribution in [0.4, 0.5) is 0 Å². The molecule has 0 aliphatic carbocycles. The maximum absolute atomic E-state index is 13.0. The summed E-state index contributed by atoms with van der Waals surface area (Å²) in [5, 5.41) is 14.2. The normalized spacial score (nSPS) is 12.7. The molecule has 0 bridgehead atoms. The van der Waals surface area contributed by atoms with E-state index < -0.39 is 11.9 Å². The number of aliphatic carboxylic acids is 1. The topological polar surface area (TPSA) is 75.4 Å². The van der Waals surface area contributed by atoms with Crippen LogP contribution < -0.4 is 0 Å². The smallest absolute Gasteiger partial charge is 0.308 e. The third kappa shape index (κ3) is 4.25. The summed E-state index contributed by atoms with van der Waals surface area (Å²) in [5.74, 6) is -1.89. The lowest BCUT2D eigenvalue weighted by atomic mass is 10.1.